The van der Waals surface area contributed by atoms with E-state index in [2.05, 4.69) is 46.4 Å². The molecule has 0 spiro atoms. The molecule has 9 aromatic rings. The maximum Gasteiger partial charge on any atom is 0.136 e. The number of hydrogen-bond donors (Lipinski definition) is 2. The van der Waals surface area contributed by atoms with Crippen molar-refractivity contribution >= 4 is 87.5 Å². The second kappa shape index (κ2) is 3.58. The summed E-state index contributed by atoms with van der Waals surface area (Å²) in [4.78, 5) is 7.26. The summed E-state index contributed by atoms with van der Waals surface area (Å²) in [6, 6.07) is 16.8. The van der Waals surface area contributed by atoms with Gasteiger partial charge in [-0.15, -0.1) is 0 Å². The number of nitrogens with one attached hydrogen (secondary N) is 2. The van der Waals surface area contributed by atoms with Gasteiger partial charge in [0.2, 0.25) is 0 Å². The Bertz CT molecular complexity index is 1550. The van der Waals surface area contributed by atoms with Gasteiger partial charge in [0, 0.05) is 65.2 Å². The van der Waals surface area contributed by atoms with Crippen LogP contribution >= 0.6 is 0 Å². The van der Waals surface area contributed by atoms with E-state index in [1.165, 1.54) is 32.3 Å². The Labute approximate surface area is 155 Å². The molecule has 0 saturated heterocycles. The van der Waals surface area contributed by atoms with E-state index in [4.69, 9.17) is 8.83 Å². The summed E-state index contributed by atoms with van der Waals surface area (Å²) in [6.45, 7) is 0. The lowest BCUT2D eigenvalue weighted by Gasteiger charge is -2.03. The molecule has 4 heterocycles. The van der Waals surface area contributed by atoms with E-state index in [0.29, 0.717) is 0 Å². The van der Waals surface area contributed by atoms with Gasteiger partial charge >= 0.3 is 0 Å². The monoisotopic (exact) mass is 358 g/mol. The van der Waals surface area contributed by atoms with Gasteiger partial charge in [-0.2, -0.15) is 0 Å². The van der Waals surface area contributed by atoms with Crippen molar-refractivity contribution in [3.63, 3.8) is 0 Å². The molecule has 5 aromatic carbocycles. The molecule has 0 aliphatic carbocycles. The van der Waals surface area contributed by atoms with E-state index in [1.54, 1.807) is 0 Å². The molecule has 0 aliphatic heterocycles. The number of aromatic nitrogens is 2. The standard InChI is InChI=1S/C24H10N2O2/c1-2-10-18-17-9(1)25-11-3-5-13-21(19(11)17)23-15(27-13)7-8-16-24(23)22-14(28-16)6-4-12(26-10)20(18)22/h1-8,25-26H. The van der Waals surface area contributed by atoms with Gasteiger partial charge in [0.25, 0.3) is 0 Å². The highest BCUT2D eigenvalue weighted by atomic mass is 16.3. The predicted molar refractivity (Wildman–Crippen MR) is 113 cm³/mol. The Morgan fingerprint density at radius 1 is 0.357 bits per heavy atom. The van der Waals surface area contributed by atoms with Crippen LogP contribution in [-0.4, -0.2) is 9.97 Å². The lowest BCUT2D eigenvalue weighted by Crippen LogP contribution is -1.78. The minimum atomic E-state index is 0.912. The zero-order chi connectivity index (χ0) is 17.7. The van der Waals surface area contributed by atoms with E-state index in [9.17, 15) is 0 Å². The van der Waals surface area contributed by atoms with Crippen molar-refractivity contribution in [3.05, 3.63) is 48.5 Å². The van der Waals surface area contributed by atoms with Gasteiger partial charge in [0.15, 0.2) is 0 Å². The Morgan fingerprint density at radius 2 is 0.643 bits per heavy atom. The molecule has 2 N–H and O–H groups in total. The van der Waals surface area contributed by atoms with Crippen molar-refractivity contribution in [3.8, 4) is 0 Å². The van der Waals surface area contributed by atoms with E-state index >= 15 is 0 Å². The third kappa shape index (κ3) is 1.06. The van der Waals surface area contributed by atoms with Crippen LogP contribution in [0.4, 0.5) is 0 Å². The highest BCUT2D eigenvalue weighted by molar-refractivity contribution is 6.44. The maximum atomic E-state index is 6.30. The molecule has 0 fully saturated rings. The molecule has 0 radical (unpaired) electrons. The number of hydrogen-bond acceptors (Lipinski definition) is 2. The fraction of sp³-hybridized carbons (Fsp3) is 0. The first kappa shape index (κ1) is 12.5. The van der Waals surface area contributed by atoms with Crippen LogP contribution in [0.3, 0.4) is 0 Å². The molecule has 4 aromatic heterocycles. The molecule has 4 nitrogen and oxygen atoms in total. The highest BCUT2D eigenvalue weighted by Gasteiger charge is 2.25. The predicted octanol–water partition coefficient (Wildman–Crippen LogP) is 7.07. The molecular weight excluding hydrogens is 348 g/mol. The van der Waals surface area contributed by atoms with Gasteiger partial charge in [0.05, 0.1) is 0 Å². The summed E-state index contributed by atoms with van der Waals surface area (Å²) in [5, 5.41) is 9.71. The van der Waals surface area contributed by atoms with E-state index in [-0.39, 0.29) is 0 Å². The summed E-state index contributed by atoms with van der Waals surface area (Å²) in [6.07, 6.45) is 0. The van der Waals surface area contributed by atoms with E-state index < -0.39 is 0 Å². The smallest absolute Gasteiger partial charge is 0.136 e. The first-order chi connectivity index (χ1) is 13.9. The first-order valence-electron chi connectivity index (χ1n) is 9.46. The van der Waals surface area contributed by atoms with E-state index in [0.717, 1.165) is 55.2 Å². The normalized spacial score (nSPS) is 13.7. The van der Waals surface area contributed by atoms with E-state index in [1.807, 2.05) is 12.1 Å². The van der Waals surface area contributed by atoms with Crippen LogP contribution in [0.25, 0.3) is 87.5 Å². The topological polar surface area (TPSA) is 57.9 Å². The zero-order valence-corrected chi connectivity index (χ0v) is 14.4. The Morgan fingerprint density at radius 3 is 1.07 bits per heavy atom. The molecule has 0 amide bonds. The first-order valence-corrected chi connectivity index (χ1v) is 9.46. The minimum Gasteiger partial charge on any atom is -0.456 e. The van der Waals surface area contributed by atoms with Gasteiger partial charge in [-0.05, 0) is 48.5 Å². The lowest BCUT2D eigenvalue weighted by atomic mass is 9.95. The Balaban J connectivity index is 1.93. The number of furan rings is 2. The van der Waals surface area contributed by atoms with Crippen molar-refractivity contribution in [1.29, 1.82) is 0 Å². The van der Waals surface area contributed by atoms with Gasteiger partial charge in [-0.3, -0.25) is 0 Å². The number of benzene rings is 4. The summed E-state index contributed by atoms with van der Waals surface area (Å²) < 4.78 is 12.6. The molecule has 128 valence electrons. The highest BCUT2D eigenvalue weighted by Crippen LogP contribution is 2.50. The average Bonchev–Trinajstić information content (AvgIpc) is 3.42. The van der Waals surface area contributed by atoms with Crippen LogP contribution < -0.4 is 0 Å². The summed E-state index contributed by atoms with van der Waals surface area (Å²) in [5.74, 6) is 0. The van der Waals surface area contributed by atoms with Crippen molar-refractivity contribution in [2.45, 2.75) is 0 Å². The Kier molecular flexibility index (Phi) is 1.59. The molecular formula is C24H10N2O2. The second-order valence-corrected chi connectivity index (χ2v) is 7.90. The van der Waals surface area contributed by atoms with Crippen molar-refractivity contribution < 1.29 is 8.83 Å². The molecule has 0 bridgehead atoms. The fourth-order valence-corrected chi connectivity index (χ4v) is 5.65. The van der Waals surface area contributed by atoms with Crippen molar-refractivity contribution in [1.82, 2.24) is 9.97 Å². The zero-order valence-electron chi connectivity index (χ0n) is 14.4. The maximum absolute atomic E-state index is 6.30. The van der Waals surface area contributed by atoms with Crippen molar-refractivity contribution in [2.75, 3.05) is 0 Å². The largest absolute Gasteiger partial charge is 0.456 e. The number of rotatable bonds is 0. The summed E-state index contributed by atoms with van der Waals surface area (Å²) in [5.41, 5.74) is 8.27. The van der Waals surface area contributed by atoms with Gasteiger partial charge in [-0.25, -0.2) is 0 Å². The van der Waals surface area contributed by atoms with Gasteiger partial charge in [-0.1, -0.05) is 0 Å². The molecule has 9 rings (SSSR count). The number of aromatic amines is 2. The summed E-state index contributed by atoms with van der Waals surface area (Å²) in [7, 11) is 0. The SMILES string of the molecule is c1cc2[nH]c3ccc4oc5ccc6oc7ccc8[nH]c1c1c2c3c4c5c6c7c81. The van der Waals surface area contributed by atoms with Crippen LogP contribution in [0.15, 0.2) is 57.4 Å². The molecule has 28 heavy (non-hydrogen) atoms. The third-order valence-electron chi connectivity index (χ3n) is 6.65. The lowest BCUT2D eigenvalue weighted by molar-refractivity contribution is 0.663. The second-order valence-electron chi connectivity index (χ2n) is 7.90. The van der Waals surface area contributed by atoms with Crippen molar-refractivity contribution in [2.24, 2.45) is 0 Å². The van der Waals surface area contributed by atoms with Crippen LogP contribution in [0.5, 0.6) is 0 Å². The molecule has 0 saturated carbocycles. The van der Waals surface area contributed by atoms with Gasteiger partial charge < -0.3 is 18.8 Å². The van der Waals surface area contributed by atoms with Crippen LogP contribution in [0.1, 0.15) is 0 Å². The number of H-pyrrole nitrogens is 2. The van der Waals surface area contributed by atoms with Gasteiger partial charge in [0.1, 0.15) is 22.3 Å². The average molecular weight is 358 g/mol. The molecule has 0 unspecified atom stereocenters. The molecule has 0 atom stereocenters. The van der Waals surface area contributed by atoms with Crippen LogP contribution in [0.2, 0.25) is 0 Å². The quantitative estimate of drug-likeness (QED) is 0.305. The summed E-state index contributed by atoms with van der Waals surface area (Å²) >= 11 is 0. The third-order valence-corrected chi connectivity index (χ3v) is 6.65. The fourth-order valence-electron chi connectivity index (χ4n) is 5.65. The minimum absolute atomic E-state index is 0.912. The van der Waals surface area contributed by atoms with Crippen LogP contribution in [-0.2, 0) is 0 Å². The van der Waals surface area contributed by atoms with Crippen LogP contribution in [0, 0.1) is 0 Å². The molecule has 4 heteroatoms. The molecule has 0 aliphatic rings. The Hall–Kier alpha value is -3.92.